The lowest BCUT2D eigenvalue weighted by Gasteiger charge is -2.69. The van der Waals surface area contributed by atoms with E-state index >= 15 is 0 Å². The quantitative estimate of drug-likeness (QED) is 0.484. The first-order chi connectivity index (χ1) is 9.20. The van der Waals surface area contributed by atoms with Crippen LogP contribution in [0.15, 0.2) is 29.2 Å². The monoisotopic (exact) mass is 316 g/mol. The molecule has 0 aliphatic heterocycles. The molecular formula is C12H13ClN2O4S. The van der Waals surface area contributed by atoms with Crippen LogP contribution in [-0.4, -0.2) is 35.1 Å². The second-order valence-electron chi connectivity index (χ2n) is 5.60. The van der Waals surface area contributed by atoms with Crippen LogP contribution in [0.1, 0.15) is 19.3 Å². The molecule has 0 amide bonds. The Kier molecular flexibility index (Phi) is 2.71. The lowest BCUT2D eigenvalue weighted by molar-refractivity contribution is -0.387. The van der Waals surface area contributed by atoms with Crippen molar-refractivity contribution in [1.29, 1.82) is 0 Å². The van der Waals surface area contributed by atoms with Crippen molar-refractivity contribution in [3.8, 4) is 0 Å². The highest BCUT2D eigenvalue weighted by Crippen LogP contribution is 2.67. The number of para-hydroxylation sites is 1. The molecule has 0 spiro atoms. The largest absolute Gasteiger partial charge is 0.289 e. The van der Waals surface area contributed by atoms with Crippen LogP contribution in [0, 0.1) is 10.1 Å². The van der Waals surface area contributed by atoms with Gasteiger partial charge in [0.1, 0.15) is 0 Å². The van der Waals surface area contributed by atoms with Crippen LogP contribution in [0.4, 0.5) is 5.69 Å². The normalized spacial score (nSPS) is 31.6. The van der Waals surface area contributed by atoms with Crippen molar-refractivity contribution in [1.82, 2.24) is 4.31 Å². The Bertz CT molecular complexity index is 683. The Labute approximate surface area is 121 Å². The van der Waals surface area contributed by atoms with Gasteiger partial charge in [0.2, 0.25) is 10.0 Å². The number of nitro benzene ring substituents is 1. The van der Waals surface area contributed by atoms with Gasteiger partial charge in [-0.3, -0.25) is 10.1 Å². The molecule has 0 unspecified atom stereocenters. The van der Waals surface area contributed by atoms with E-state index in [9.17, 15) is 18.5 Å². The van der Waals surface area contributed by atoms with Crippen LogP contribution in [0.2, 0.25) is 0 Å². The maximum Gasteiger partial charge on any atom is 0.289 e. The second kappa shape index (κ2) is 3.93. The molecule has 3 aliphatic rings. The summed E-state index contributed by atoms with van der Waals surface area (Å²) in [7, 11) is -2.42. The predicted octanol–water partition coefficient (Wildman–Crippen LogP) is 2.13. The second-order valence-corrected chi connectivity index (χ2v) is 8.34. The lowest BCUT2D eigenvalue weighted by atomic mass is 9.49. The number of nitrogens with zero attached hydrogens (tertiary/aromatic N) is 2. The summed E-state index contributed by atoms with van der Waals surface area (Å²) in [5.74, 6) is 0. The topological polar surface area (TPSA) is 80.5 Å². The molecule has 0 heterocycles. The molecule has 1 aromatic rings. The molecule has 0 saturated heterocycles. The molecule has 8 heteroatoms. The third kappa shape index (κ3) is 1.70. The maximum atomic E-state index is 12.6. The molecule has 108 valence electrons. The van der Waals surface area contributed by atoms with Crippen LogP contribution in [0.3, 0.4) is 0 Å². The van der Waals surface area contributed by atoms with E-state index in [-0.39, 0.29) is 9.77 Å². The minimum absolute atomic E-state index is 0.258. The smallest absolute Gasteiger partial charge is 0.258 e. The Morgan fingerprint density at radius 3 is 2.35 bits per heavy atom. The summed E-state index contributed by atoms with van der Waals surface area (Å²) >= 11 is 6.15. The van der Waals surface area contributed by atoms with Gasteiger partial charge >= 0.3 is 0 Å². The Morgan fingerprint density at radius 1 is 1.30 bits per heavy atom. The van der Waals surface area contributed by atoms with Gasteiger partial charge in [-0.25, -0.2) is 8.42 Å². The number of hydrogen-bond donors (Lipinski definition) is 0. The van der Waals surface area contributed by atoms with Crippen molar-refractivity contribution in [3.05, 3.63) is 34.4 Å². The van der Waals surface area contributed by atoms with E-state index < -0.39 is 26.2 Å². The number of benzene rings is 1. The van der Waals surface area contributed by atoms with Crippen LogP contribution in [0.5, 0.6) is 0 Å². The zero-order valence-electron chi connectivity index (χ0n) is 10.7. The Hall–Kier alpha value is -1.18. The molecule has 4 rings (SSSR count). The predicted molar refractivity (Wildman–Crippen MR) is 73.2 cm³/mol. The first kappa shape index (κ1) is 13.8. The molecule has 0 radical (unpaired) electrons. The van der Waals surface area contributed by atoms with Gasteiger partial charge in [0.25, 0.3) is 5.69 Å². The Balaban J connectivity index is 1.99. The number of rotatable bonds is 4. The van der Waals surface area contributed by atoms with Crippen molar-refractivity contribution in [2.75, 3.05) is 7.05 Å². The lowest BCUT2D eigenvalue weighted by Crippen LogP contribution is -2.76. The van der Waals surface area contributed by atoms with Crippen LogP contribution >= 0.6 is 11.6 Å². The van der Waals surface area contributed by atoms with Crippen LogP contribution in [0.25, 0.3) is 0 Å². The van der Waals surface area contributed by atoms with Gasteiger partial charge in [0, 0.05) is 18.7 Å². The molecule has 6 nitrogen and oxygen atoms in total. The number of halogens is 1. The molecule has 3 saturated carbocycles. The van der Waals surface area contributed by atoms with Crippen molar-refractivity contribution < 1.29 is 13.3 Å². The van der Waals surface area contributed by atoms with Crippen molar-refractivity contribution in [2.45, 2.75) is 34.6 Å². The zero-order chi connectivity index (χ0) is 14.8. The number of hydrogen-bond acceptors (Lipinski definition) is 4. The average Bonchev–Trinajstić information content (AvgIpc) is 2.33. The number of alkyl halides is 1. The summed E-state index contributed by atoms with van der Waals surface area (Å²) in [5, 5.41) is 11.0. The fourth-order valence-electron chi connectivity index (χ4n) is 3.18. The molecule has 20 heavy (non-hydrogen) atoms. The number of nitro groups is 1. The zero-order valence-corrected chi connectivity index (χ0v) is 12.3. The summed E-state index contributed by atoms with van der Waals surface area (Å²) in [4.78, 5) is 9.79. The summed E-state index contributed by atoms with van der Waals surface area (Å²) in [6, 6.07) is 5.41. The van der Waals surface area contributed by atoms with E-state index in [4.69, 9.17) is 11.6 Å². The van der Waals surface area contributed by atoms with Gasteiger partial charge in [-0.1, -0.05) is 12.1 Å². The minimum Gasteiger partial charge on any atom is -0.258 e. The highest BCUT2D eigenvalue weighted by molar-refractivity contribution is 7.89. The fourth-order valence-corrected chi connectivity index (χ4v) is 5.58. The van der Waals surface area contributed by atoms with E-state index in [1.165, 1.54) is 35.6 Å². The molecule has 1 aromatic carbocycles. The fraction of sp³-hybridized carbons (Fsp3) is 0.500. The Morgan fingerprint density at radius 2 is 1.85 bits per heavy atom. The van der Waals surface area contributed by atoms with Gasteiger partial charge in [0.15, 0.2) is 4.90 Å². The van der Waals surface area contributed by atoms with Gasteiger partial charge in [0.05, 0.1) is 9.80 Å². The van der Waals surface area contributed by atoms with Gasteiger partial charge in [-0.05, 0) is 25.3 Å². The first-order valence-corrected chi connectivity index (χ1v) is 7.94. The summed E-state index contributed by atoms with van der Waals surface area (Å²) in [6.07, 6.45) is 1.83. The number of sulfonamides is 1. The van der Waals surface area contributed by atoms with Crippen molar-refractivity contribution >= 4 is 27.3 Å². The third-order valence-electron chi connectivity index (χ3n) is 4.31. The maximum absolute atomic E-state index is 12.6. The molecule has 0 N–H and O–H groups in total. The minimum atomic E-state index is -3.89. The molecule has 0 atom stereocenters. The highest BCUT2D eigenvalue weighted by atomic mass is 35.5. The standard InChI is InChI=1S/C12H13ClN2O4S/c1-14(12-6-11(13,7-12)8-12)20(18,19)10-5-3-2-4-9(10)15(16)17/h2-5H,6-8H2,1H3. The molecular weight excluding hydrogens is 304 g/mol. The first-order valence-electron chi connectivity index (χ1n) is 6.12. The van der Waals surface area contributed by atoms with Crippen molar-refractivity contribution in [3.63, 3.8) is 0 Å². The van der Waals surface area contributed by atoms with Crippen LogP contribution < -0.4 is 0 Å². The SMILES string of the molecule is CN(C12CC(Cl)(C1)C2)S(=O)(=O)c1ccccc1[N+](=O)[O-]. The van der Waals surface area contributed by atoms with E-state index in [0.29, 0.717) is 19.3 Å². The van der Waals surface area contributed by atoms with E-state index in [1.54, 1.807) is 0 Å². The third-order valence-corrected chi connectivity index (χ3v) is 6.72. The average molecular weight is 317 g/mol. The van der Waals surface area contributed by atoms with Gasteiger partial charge in [-0.15, -0.1) is 11.6 Å². The van der Waals surface area contributed by atoms with E-state index in [0.717, 1.165) is 0 Å². The summed E-state index contributed by atoms with van der Waals surface area (Å²) < 4.78 is 26.5. The highest BCUT2D eigenvalue weighted by Gasteiger charge is 2.71. The van der Waals surface area contributed by atoms with Gasteiger partial charge in [-0.2, -0.15) is 4.31 Å². The van der Waals surface area contributed by atoms with Gasteiger partial charge < -0.3 is 0 Å². The van der Waals surface area contributed by atoms with Crippen LogP contribution in [-0.2, 0) is 10.0 Å². The summed E-state index contributed by atoms with van der Waals surface area (Å²) in [5.41, 5.74) is -0.851. The molecule has 2 bridgehead atoms. The molecule has 0 aromatic heterocycles. The van der Waals surface area contributed by atoms with E-state index in [2.05, 4.69) is 0 Å². The molecule has 3 fully saturated rings. The molecule has 3 aliphatic carbocycles. The van der Waals surface area contributed by atoms with Crippen molar-refractivity contribution in [2.24, 2.45) is 0 Å². The van der Waals surface area contributed by atoms with E-state index in [1.807, 2.05) is 0 Å². The summed E-state index contributed by atoms with van der Waals surface area (Å²) in [6.45, 7) is 0.